The standard InChI is InChI=1S/C9H11ClN2O2/c10-8-2-1-7(14-8)9(12-11)6-3-4-13-5-6/h1-2,5,9,12H,3-4,11H2. The van der Waals surface area contributed by atoms with Crippen LogP contribution in [0.4, 0.5) is 0 Å². The van der Waals surface area contributed by atoms with E-state index < -0.39 is 0 Å². The van der Waals surface area contributed by atoms with Gasteiger partial charge in [-0.15, -0.1) is 0 Å². The van der Waals surface area contributed by atoms with Gasteiger partial charge in [0.15, 0.2) is 5.22 Å². The monoisotopic (exact) mass is 214 g/mol. The fraction of sp³-hybridized carbons (Fsp3) is 0.333. The molecule has 0 amide bonds. The second-order valence-corrected chi connectivity index (χ2v) is 3.43. The summed E-state index contributed by atoms with van der Waals surface area (Å²) in [4.78, 5) is 0. The van der Waals surface area contributed by atoms with Crippen LogP contribution in [0.2, 0.25) is 5.22 Å². The highest BCUT2D eigenvalue weighted by Gasteiger charge is 2.21. The van der Waals surface area contributed by atoms with Crippen LogP contribution < -0.4 is 11.3 Å². The zero-order valence-corrected chi connectivity index (χ0v) is 8.25. The Kier molecular flexibility index (Phi) is 2.77. The number of halogens is 1. The molecule has 2 heterocycles. The van der Waals surface area contributed by atoms with Crippen molar-refractivity contribution in [2.45, 2.75) is 12.5 Å². The molecular formula is C9H11ClN2O2. The van der Waals surface area contributed by atoms with E-state index in [9.17, 15) is 0 Å². The van der Waals surface area contributed by atoms with Gasteiger partial charge in [-0.2, -0.15) is 0 Å². The van der Waals surface area contributed by atoms with E-state index in [0.717, 1.165) is 12.0 Å². The molecule has 0 saturated carbocycles. The molecule has 0 aromatic carbocycles. The number of nitrogens with one attached hydrogen (secondary N) is 1. The predicted octanol–water partition coefficient (Wildman–Crippen LogP) is 1.74. The van der Waals surface area contributed by atoms with Crippen molar-refractivity contribution in [3.05, 3.63) is 34.9 Å². The third kappa shape index (κ3) is 1.77. The number of nitrogens with two attached hydrogens (primary N) is 1. The van der Waals surface area contributed by atoms with Crippen molar-refractivity contribution in [2.75, 3.05) is 6.61 Å². The summed E-state index contributed by atoms with van der Waals surface area (Å²) in [5, 5.41) is 0.361. The number of hydrazine groups is 1. The molecule has 1 aliphatic rings. The van der Waals surface area contributed by atoms with Crippen molar-refractivity contribution < 1.29 is 9.15 Å². The molecule has 1 aromatic heterocycles. The predicted molar refractivity (Wildman–Crippen MR) is 52.4 cm³/mol. The molecule has 0 radical (unpaired) electrons. The molecule has 1 unspecified atom stereocenters. The van der Waals surface area contributed by atoms with Gasteiger partial charge in [0.2, 0.25) is 0 Å². The van der Waals surface area contributed by atoms with Crippen LogP contribution in [0.5, 0.6) is 0 Å². The molecule has 0 fully saturated rings. The molecule has 76 valence electrons. The van der Waals surface area contributed by atoms with Gasteiger partial charge in [0, 0.05) is 6.42 Å². The van der Waals surface area contributed by atoms with Crippen molar-refractivity contribution in [1.82, 2.24) is 5.43 Å². The summed E-state index contributed by atoms with van der Waals surface area (Å²) >= 11 is 5.68. The molecule has 0 bridgehead atoms. The first kappa shape index (κ1) is 9.58. The highest BCUT2D eigenvalue weighted by molar-refractivity contribution is 6.28. The van der Waals surface area contributed by atoms with Crippen molar-refractivity contribution in [3.8, 4) is 0 Å². The third-order valence-corrected chi connectivity index (χ3v) is 2.36. The van der Waals surface area contributed by atoms with E-state index in [0.29, 0.717) is 17.6 Å². The zero-order valence-electron chi connectivity index (χ0n) is 7.50. The lowest BCUT2D eigenvalue weighted by Crippen LogP contribution is -2.28. The van der Waals surface area contributed by atoms with Crippen LogP contribution in [0.25, 0.3) is 0 Å². The molecule has 14 heavy (non-hydrogen) atoms. The Hall–Kier alpha value is -0.970. The minimum absolute atomic E-state index is 0.148. The number of hydrogen-bond acceptors (Lipinski definition) is 4. The van der Waals surface area contributed by atoms with Crippen LogP contribution in [-0.4, -0.2) is 6.61 Å². The maximum Gasteiger partial charge on any atom is 0.193 e. The first-order valence-corrected chi connectivity index (χ1v) is 4.71. The number of rotatable bonds is 3. The Balaban J connectivity index is 2.20. The first-order valence-electron chi connectivity index (χ1n) is 4.33. The second-order valence-electron chi connectivity index (χ2n) is 3.06. The minimum Gasteiger partial charge on any atom is -0.501 e. The van der Waals surface area contributed by atoms with E-state index >= 15 is 0 Å². The van der Waals surface area contributed by atoms with E-state index in [4.69, 9.17) is 26.6 Å². The normalized spacial score (nSPS) is 17.7. The van der Waals surface area contributed by atoms with Crippen LogP contribution in [-0.2, 0) is 4.74 Å². The summed E-state index contributed by atoms with van der Waals surface area (Å²) in [5.41, 5.74) is 3.74. The highest BCUT2D eigenvalue weighted by atomic mass is 35.5. The van der Waals surface area contributed by atoms with Gasteiger partial charge in [-0.3, -0.25) is 5.84 Å². The molecule has 3 N–H and O–H groups in total. The molecule has 4 nitrogen and oxygen atoms in total. The van der Waals surface area contributed by atoms with Crippen LogP contribution in [0.1, 0.15) is 18.2 Å². The lowest BCUT2D eigenvalue weighted by molar-refractivity contribution is 0.281. The van der Waals surface area contributed by atoms with Gasteiger partial charge in [-0.05, 0) is 29.3 Å². The van der Waals surface area contributed by atoms with Gasteiger partial charge >= 0.3 is 0 Å². The van der Waals surface area contributed by atoms with Crippen LogP contribution in [0.3, 0.4) is 0 Å². The topological polar surface area (TPSA) is 60.4 Å². The van der Waals surface area contributed by atoms with E-state index in [2.05, 4.69) is 5.43 Å². The van der Waals surface area contributed by atoms with Crippen molar-refractivity contribution in [3.63, 3.8) is 0 Å². The molecule has 5 heteroatoms. The molecule has 2 rings (SSSR count). The quantitative estimate of drug-likeness (QED) is 0.595. The van der Waals surface area contributed by atoms with Gasteiger partial charge in [-0.1, -0.05) is 0 Å². The van der Waals surface area contributed by atoms with Gasteiger partial charge < -0.3 is 9.15 Å². The smallest absolute Gasteiger partial charge is 0.193 e. The minimum atomic E-state index is -0.148. The molecule has 1 atom stereocenters. The van der Waals surface area contributed by atoms with Crippen LogP contribution in [0.15, 0.2) is 28.4 Å². The average Bonchev–Trinajstić information content (AvgIpc) is 2.79. The van der Waals surface area contributed by atoms with E-state index in [-0.39, 0.29) is 6.04 Å². The number of hydrogen-bond donors (Lipinski definition) is 2. The number of furan rings is 1. The SMILES string of the molecule is NNC(C1=COCC1)c1ccc(Cl)o1. The summed E-state index contributed by atoms with van der Waals surface area (Å²) in [6.45, 7) is 0.696. The fourth-order valence-corrected chi connectivity index (χ4v) is 1.62. The van der Waals surface area contributed by atoms with Crippen molar-refractivity contribution >= 4 is 11.6 Å². The second kappa shape index (κ2) is 4.04. The largest absolute Gasteiger partial charge is 0.501 e. The fourth-order valence-electron chi connectivity index (χ4n) is 1.47. The zero-order chi connectivity index (χ0) is 9.97. The summed E-state index contributed by atoms with van der Waals surface area (Å²) in [6.07, 6.45) is 2.56. The van der Waals surface area contributed by atoms with Gasteiger partial charge in [0.1, 0.15) is 11.8 Å². The van der Waals surface area contributed by atoms with Gasteiger partial charge in [0.05, 0.1) is 12.9 Å². The molecular weight excluding hydrogens is 204 g/mol. The van der Waals surface area contributed by atoms with E-state index in [1.165, 1.54) is 0 Å². The Morgan fingerprint density at radius 3 is 2.86 bits per heavy atom. The Morgan fingerprint density at radius 2 is 2.36 bits per heavy atom. The lowest BCUT2D eigenvalue weighted by atomic mass is 10.1. The van der Waals surface area contributed by atoms with Crippen molar-refractivity contribution in [2.24, 2.45) is 5.84 Å². The average molecular weight is 215 g/mol. The van der Waals surface area contributed by atoms with Gasteiger partial charge in [-0.25, -0.2) is 5.43 Å². The summed E-state index contributed by atoms with van der Waals surface area (Å²) in [7, 11) is 0. The third-order valence-electron chi connectivity index (χ3n) is 2.16. The molecule has 0 spiro atoms. The summed E-state index contributed by atoms with van der Waals surface area (Å²) < 4.78 is 10.4. The van der Waals surface area contributed by atoms with Crippen molar-refractivity contribution in [1.29, 1.82) is 0 Å². The highest BCUT2D eigenvalue weighted by Crippen LogP contribution is 2.29. The number of ether oxygens (including phenoxy) is 1. The maximum absolute atomic E-state index is 5.68. The lowest BCUT2D eigenvalue weighted by Gasteiger charge is -2.12. The maximum atomic E-state index is 5.68. The van der Waals surface area contributed by atoms with E-state index in [1.807, 2.05) is 0 Å². The van der Waals surface area contributed by atoms with Crippen LogP contribution >= 0.6 is 11.6 Å². The molecule has 0 aliphatic carbocycles. The molecule has 1 aliphatic heterocycles. The first-order chi connectivity index (χ1) is 6.81. The molecule has 0 saturated heterocycles. The Bertz CT molecular complexity index is 348. The Morgan fingerprint density at radius 1 is 1.50 bits per heavy atom. The van der Waals surface area contributed by atoms with Gasteiger partial charge in [0.25, 0.3) is 0 Å². The summed E-state index contributed by atoms with van der Waals surface area (Å²) in [5.74, 6) is 6.15. The summed E-state index contributed by atoms with van der Waals surface area (Å²) in [6, 6.07) is 3.34. The van der Waals surface area contributed by atoms with Crippen LogP contribution in [0, 0.1) is 0 Å². The van der Waals surface area contributed by atoms with E-state index in [1.54, 1.807) is 18.4 Å². The molecule has 1 aromatic rings. The Labute approximate surface area is 86.6 Å².